The van der Waals surface area contributed by atoms with Crippen molar-refractivity contribution < 1.29 is 9.13 Å². The highest BCUT2D eigenvalue weighted by molar-refractivity contribution is 6.29. The Morgan fingerprint density at radius 3 is 2.68 bits per heavy atom. The van der Waals surface area contributed by atoms with E-state index in [1.54, 1.807) is 18.2 Å². The fourth-order valence-electron chi connectivity index (χ4n) is 1.42. The van der Waals surface area contributed by atoms with Gasteiger partial charge in [-0.05, 0) is 26.0 Å². The lowest BCUT2D eigenvalue weighted by atomic mass is 10.3. The predicted octanol–water partition coefficient (Wildman–Crippen LogP) is 3.80. The number of halogens is 2. The van der Waals surface area contributed by atoms with Crippen molar-refractivity contribution in [2.24, 2.45) is 0 Å². The smallest absolute Gasteiger partial charge is 0.320 e. The fourth-order valence-corrected chi connectivity index (χ4v) is 1.60. The highest BCUT2D eigenvalue weighted by Gasteiger charge is 2.08. The number of para-hydroxylation sites is 1. The van der Waals surface area contributed by atoms with E-state index in [1.165, 1.54) is 12.1 Å². The maximum atomic E-state index is 13.5. The Morgan fingerprint density at radius 1 is 1.26 bits per heavy atom. The zero-order valence-corrected chi connectivity index (χ0v) is 11.3. The van der Waals surface area contributed by atoms with Gasteiger partial charge < -0.3 is 10.1 Å². The first-order chi connectivity index (χ1) is 9.04. The van der Waals surface area contributed by atoms with Gasteiger partial charge in [-0.15, -0.1) is 0 Å². The third kappa shape index (κ3) is 3.79. The van der Waals surface area contributed by atoms with Gasteiger partial charge in [-0.3, -0.25) is 0 Å². The van der Waals surface area contributed by atoms with Gasteiger partial charge in [0.1, 0.15) is 16.8 Å². The Labute approximate surface area is 115 Å². The third-order valence-corrected chi connectivity index (χ3v) is 2.35. The van der Waals surface area contributed by atoms with Gasteiger partial charge in [0.25, 0.3) is 0 Å². The summed E-state index contributed by atoms with van der Waals surface area (Å²) < 4.78 is 18.9. The number of hydrogen-bond donors (Lipinski definition) is 1. The molecule has 0 atom stereocenters. The van der Waals surface area contributed by atoms with E-state index >= 15 is 0 Å². The molecule has 0 fully saturated rings. The molecule has 0 saturated heterocycles. The summed E-state index contributed by atoms with van der Waals surface area (Å²) in [6, 6.07) is 7.95. The van der Waals surface area contributed by atoms with Crippen LogP contribution in [0.25, 0.3) is 0 Å². The van der Waals surface area contributed by atoms with E-state index in [9.17, 15) is 4.39 Å². The maximum absolute atomic E-state index is 13.5. The lowest BCUT2D eigenvalue weighted by molar-refractivity contribution is 0.222. The summed E-state index contributed by atoms with van der Waals surface area (Å²) in [6.07, 6.45) is -0.0696. The van der Waals surface area contributed by atoms with Crippen molar-refractivity contribution in [2.45, 2.75) is 20.0 Å². The molecule has 1 aromatic carbocycles. The van der Waals surface area contributed by atoms with Crippen molar-refractivity contribution in [1.29, 1.82) is 0 Å². The second-order valence-electron chi connectivity index (χ2n) is 4.13. The van der Waals surface area contributed by atoms with E-state index in [1.807, 2.05) is 13.8 Å². The Hall–Kier alpha value is -1.88. The summed E-state index contributed by atoms with van der Waals surface area (Å²) in [5.74, 6) is 0.00399. The van der Waals surface area contributed by atoms with Crippen molar-refractivity contribution in [1.82, 2.24) is 9.97 Å². The zero-order chi connectivity index (χ0) is 13.8. The van der Waals surface area contributed by atoms with E-state index in [0.717, 1.165) is 0 Å². The molecule has 0 aliphatic rings. The molecule has 4 nitrogen and oxygen atoms in total. The molecule has 0 amide bonds. The Balaban J connectivity index is 2.25. The molecule has 1 N–H and O–H groups in total. The Kier molecular flexibility index (Phi) is 4.16. The number of nitrogens with one attached hydrogen (secondary N) is 1. The first-order valence-corrected chi connectivity index (χ1v) is 6.15. The van der Waals surface area contributed by atoms with Crippen LogP contribution in [-0.2, 0) is 0 Å². The van der Waals surface area contributed by atoms with Crippen LogP contribution in [0.15, 0.2) is 30.3 Å². The number of aromatic nitrogens is 2. The monoisotopic (exact) mass is 281 g/mol. The quantitative estimate of drug-likeness (QED) is 0.866. The van der Waals surface area contributed by atoms with Gasteiger partial charge in [0.05, 0.1) is 11.8 Å². The second-order valence-corrected chi connectivity index (χ2v) is 4.52. The molecule has 6 heteroatoms. The normalized spacial score (nSPS) is 10.6. The molecule has 100 valence electrons. The number of nitrogens with zero attached hydrogens (tertiary/aromatic N) is 2. The largest absolute Gasteiger partial charge is 0.461 e. The average Bonchev–Trinajstić information content (AvgIpc) is 2.30. The van der Waals surface area contributed by atoms with Crippen LogP contribution in [0.1, 0.15) is 13.8 Å². The molecule has 19 heavy (non-hydrogen) atoms. The minimum atomic E-state index is -0.372. The molecule has 0 aliphatic heterocycles. The molecule has 0 unspecified atom stereocenters. The van der Waals surface area contributed by atoms with Gasteiger partial charge in [0.2, 0.25) is 0 Å². The van der Waals surface area contributed by atoms with Crippen LogP contribution in [0.4, 0.5) is 15.9 Å². The van der Waals surface area contributed by atoms with Crippen molar-refractivity contribution in [2.75, 3.05) is 5.32 Å². The average molecular weight is 282 g/mol. The van der Waals surface area contributed by atoms with Crippen molar-refractivity contribution in [3.63, 3.8) is 0 Å². The topological polar surface area (TPSA) is 47.0 Å². The van der Waals surface area contributed by atoms with Gasteiger partial charge in [-0.2, -0.15) is 9.97 Å². The van der Waals surface area contributed by atoms with Crippen LogP contribution in [0.3, 0.4) is 0 Å². The lowest BCUT2D eigenvalue weighted by Gasteiger charge is -2.11. The predicted molar refractivity (Wildman–Crippen MR) is 72.5 cm³/mol. The molecule has 0 bridgehead atoms. The number of rotatable bonds is 4. The number of hydrogen-bond acceptors (Lipinski definition) is 4. The van der Waals surface area contributed by atoms with Gasteiger partial charge in [-0.25, -0.2) is 4.39 Å². The SMILES string of the molecule is CC(C)Oc1nc(Cl)cc(Nc2ccccc2F)n1. The highest BCUT2D eigenvalue weighted by atomic mass is 35.5. The van der Waals surface area contributed by atoms with E-state index in [2.05, 4.69) is 15.3 Å². The van der Waals surface area contributed by atoms with Gasteiger partial charge in [0.15, 0.2) is 0 Å². The summed E-state index contributed by atoms with van der Waals surface area (Å²) in [7, 11) is 0. The molecule has 0 aliphatic carbocycles. The zero-order valence-electron chi connectivity index (χ0n) is 10.5. The molecule has 2 rings (SSSR count). The summed E-state index contributed by atoms with van der Waals surface area (Å²) in [5, 5.41) is 3.06. The molecule has 1 aromatic heterocycles. The molecular weight excluding hydrogens is 269 g/mol. The minimum Gasteiger partial charge on any atom is -0.461 e. The molecule has 1 heterocycles. The van der Waals surface area contributed by atoms with Gasteiger partial charge >= 0.3 is 6.01 Å². The van der Waals surface area contributed by atoms with Gasteiger partial charge in [-0.1, -0.05) is 23.7 Å². The van der Waals surface area contributed by atoms with Crippen LogP contribution < -0.4 is 10.1 Å². The number of ether oxygens (including phenoxy) is 1. The summed E-state index contributed by atoms with van der Waals surface area (Å²) in [5.41, 5.74) is 0.313. The van der Waals surface area contributed by atoms with E-state index in [-0.39, 0.29) is 23.1 Å². The van der Waals surface area contributed by atoms with Crippen molar-refractivity contribution >= 4 is 23.1 Å². The minimum absolute atomic E-state index is 0.0696. The summed E-state index contributed by atoms with van der Waals surface area (Å²) >= 11 is 5.87. The number of anilines is 2. The van der Waals surface area contributed by atoms with Crippen LogP contribution >= 0.6 is 11.6 Å². The van der Waals surface area contributed by atoms with Crippen molar-refractivity contribution in [3.8, 4) is 6.01 Å². The molecule has 0 saturated carbocycles. The van der Waals surface area contributed by atoms with Crippen molar-refractivity contribution in [3.05, 3.63) is 41.3 Å². The Morgan fingerprint density at radius 2 is 2.00 bits per heavy atom. The van der Waals surface area contributed by atoms with Crippen LogP contribution in [0.5, 0.6) is 6.01 Å². The van der Waals surface area contributed by atoms with E-state index < -0.39 is 0 Å². The van der Waals surface area contributed by atoms with E-state index in [0.29, 0.717) is 11.5 Å². The summed E-state index contributed by atoms with van der Waals surface area (Å²) in [4.78, 5) is 8.05. The van der Waals surface area contributed by atoms with Gasteiger partial charge in [0, 0.05) is 6.07 Å². The highest BCUT2D eigenvalue weighted by Crippen LogP contribution is 2.22. The van der Waals surface area contributed by atoms with Crippen LogP contribution in [-0.4, -0.2) is 16.1 Å². The first kappa shape index (κ1) is 13.5. The van der Waals surface area contributed by atoms with Crippen LogP contribution in [0.2, 0.25) is 5.15 Å². The molecule has 2 aromatic rings. The summed E-state index contributed by atoms with van der Waals surface area (Å²) in [6.45, 7) is 3.71. The molecule has 0 radical (unpaired) electrons. The molecule has 0 spiro atoms. The Bertz CT molecular complexity index is 578. The van der Waals surface area contributed by atoms with Crippen LogP contribution in [0, 0.1) is 5.82 Å². The first-order valence-electron chi connectivity index (χ1n) is 5.77. The van der Waals surface area contributed by atoms with E-state index in [4.69, 9.17) is 16.3 Å². The molecular formula is C13H13ClFN3O. The maximum Gasteiger partial charge on any atom is 0.320 e. The number of benzene rings is 1. The standard InChI is InChI=1S/C13H13ClFN3O/c1-8(2)19-13-17-11(14)7-12(18-13)16-10-6-4-3-5-9(10)15/h3-8H,1-2H3,(H,16,17,18). The fraction of sp³-hybridized carbons (Fsp3) is 0.231. The lowest BCUT2D eigenvalue weighted by Crippen LogP contribution is -2.09. The second kappa shape index (κ2) is 5.84. The third-order valence-electron chi connectivity index (χ3n) is 2.15.